The molecule has 0 radical (unpaired) electrons. The molecule has 18 heavy (non-hydrogen) atoms. The van der Waals surface area contributed by atoms with Crippen LogP contribution in [0, 0.1) is 5.92 Å². The first kappa shape index (κ1) is 13.6. The topological polar surface area (TPSA) is 55.9 Å². The monoisotopic (exact) mass is 250 g/mol. The zero-order valence-corrected chi connectivity index (χ0v) is 11.7. The van der Waals surface area contributed by atoms with Crippen LogP contribution >= 0.6 is 0 Å². The van der Waals surface area contributed by atoms with Gasteiger partial charge in [-0.1, -0.05) is 19.8 Å². The van der Waals surface area contributed by atoms with E-state index in [9.17, 15) is 0 Å². The molecule has 1 aliphatic rings. The smallest absolute Gasteiger partial charge is 0.0670 e. The molecule has 3 N–H and O–H groups in total. The molecule has 1 aliphatic carbocycles. The Hall–Kier alpha value is -0.870. The zero-order valence-electron chi connectivity index (χ0n) is 11.7. The highest BCUT2D eigenvalue weighted by molar-refractivity contribution is 5.21. The van der Waals surface area contributed by atoms with Gasteiger partial charge >= 0.3 is 0 Å². The molecule has 0 bridgehead atoms. The average molecular weight is 250 g/mol. The molecule has 4 heteroatoms. The lowest BCUT2D eigenvalue weighted by Gasteiger charge is -2.16. The van der Waals surface area contributed by atoms with Gasteiger partial charge in [0.15, 0.2) is 0 Å². The Labute approximate surface area is 110 Å². The Morgan fingerprint density at radius 2 is 2.33 bits per heavy atom. The molecule has 0 aromatic carbocycles. The van der Waals surface area contributed by atoms with Crippen LogP contribution in [-0.2, 0) is 13.5 Å². The van der Waals surface area contributed by atoms with Crippen molar-refractivity contribution in [1.82, 2.24) is 15.1 Å². The molecule has 1 fully saturated rings. The molecule has 0 saturated heterocycles. The Morgan fingerprint density at radius 1 is 1.56 bits per heavy atom. The fourth-order valence-electron chi connectivity index (χ4n) is 2.51. The van der Waals surface area contributed by atoms with Crippen LogP contribution in [0.1, 0.15) is 49.9 Å². The van der Waals surface area contributed by atoms with Gasteiger partial charge in [-0.2, -0.15) is 5.10 Å². The van der Waals surface area contributed by atoms with E-state index in [0.717, 1.165) is 18.9 Å². The minimum Gasteiger partial charge on any atom is -0.329 e. The molecule has 1 saturated carbocycles. The first-order valence-electron chi connectivity index (χ1n) is 7.20. The van der Waals surface area contributed by atoms with E-state index < -0.39 is 0 Å². The molecule has 1 aromatic rings. The summed E-state index contributed by atoms with van der Waals surface area (Å²) in [5, 5.41) is 8.06. The van der Waals surface area contributed by atoms with Crippen LogP contribution in [0.5, 0.6) is 0 Å². The summed E-state index contributed by atoms with van der Waals surface area (Å²) < 4.78 is 1.89. The SMILES string of the molecule is CCc1nn(C)cc1C(CN)NCCCC1CC1. The molecule has 4 nitrogen and oxygen atoms in total. The highest BCUT2D eigenvalue weighted by Crippen LogP contribution is 2.33. The van der Waals surface area contributed by atoms with E-state index >= 15 is 0 Å². The van der Waals surface area contributed by atoms with Gasteiger partial charge in [0.25, 0.3) is 0 Å². The van der Waals surface area contributed by atoms with Gasteiger partial charge in [0, 0.05) is 31.4 Å². The van der Waals surface area contributed by atoms with E-state index in [4.69, 9.17) is 5.73 Å². The van der Waals surface area contributed by atoms with Gasteiger partial charge in [0.1, 0.15) is 0 Å². The molecule has 1 heterocycles. The summed E-state index contributed by atoms with van der Waals surface area (Å²) in [6.07, 6.45) is 8.60. The summed E-state index contributed by atoms with van der Waals surface area (Å²) in [7, 11) is 1.98. The van der Waals surface area contributed by atoms with Crippen LogP contribution in [0.15, 0.2) is 6.20 Å². The number of hydrogen-bond acceptors (Lipinski definition) is 3. The predicted octanol–water partition coefficient (Wildman–Crippen LogP) is 1.76. The first-order chi connectivity index (χ1) is 8.74. The third-order valence-electron chi connectivity index (χ3n) is 3.76. The van der Waals surface area contributed by atoms with Crippen LogP contribution in [0.2, 0.25) is 0 Å². The van der Waals surface area contributed by atoms with Crippen LogP contribution in [-0.4, -0.2) is 22.9 Å². The Kier molecular flexibility index (Phi) is 4.78. The van der Waals surface area contributed by atoms with Gasteiger partial charge in [0.05, 0.1) is 5.69 Å². The number of aryl methyl sites for hydroxylation is 2. The minimum atomic E-state index is 0.257. The first-order valence-corrected chi connectivity index (χ1v) is 7.20. The maximum Gasteiger partial charge on any atom is 0.0670 e. The number of hydrogen-bond donors (Lipinski definition) is 2. The van der Waals surface area contributed by atoms with E-state index in [1.54, 1.807) is 0 Å². The Bertz CT molecular complexity index is 368. The van der Waals surface area contributed by atoms with E-state index in [1.807, 2.05) is 11.7 Å². The third kappa shape index (κ3) is 3.56. The summed E-state index contributed by atoms with van der Waals surface area (Å²) >= 11 is 0. The molecule has 2 rings (SSSR count). The summed E-state index contributed by atoms with van der Waals surface area (Å²) in [6.45, 7) is 3.85. The zero-order chi connectivity index (χ0) is 13.0. The van der Waals surface area contributed by atoms with Crippen molar-refractivity contribution < 1.29 is 0 Å². The van der Waals surface area contributed by atoms with Gasteiger partial charge in [-0.15, -0.1) is 0 Å². The average Bonchev–Trinajstić information content (AvgIpc) is 3.11. The van der Waals surface area contributed by atoms with E-state index in [-0.39, 0.29) is 6.04 Å². The summed E-state index contributed by atoms with van der Waals surface area (Å²) in [5.41, 5.74) is 8.33. The number of nitrogens with zero attached hydrogens (tertiary/aromatic N) is 2. The maximum absolute atomic E-state index is 5.89. The van der Waals surface area contributed by atoms with Crippen molar-refractivity contribution >= 4 is 0 Å². The van der Waals surface area contributed by atoms with Gasteiger partial charge < -0.3 is 11.1 Å². The second kappa shape index (κ2) is 6.34. The van der Waals surface area contributed by atoms with Crippen molar-refractivity contribution in [3.05, 3.63) is 17.5 Å². The number of nitrogens with one attached hydrogen (secondary N) is 1. The van der Waals surface area contributed by atoms with Crippen LogP contribution in [0.4, 0.5) is 0 Å². The van der Waals surface area contributed by atoms with E-state index in [0.29, 0.717) is 6.54 Å². The van der Waals surface area contributed by atoms with E-state index in [1.165, 1.54) is 36.9 Å². The number of rotatable bonds is 8. The largest absolute Gasteiger partial charge is 0.329 e. The molecule has 1 aromatic heterocycles. The van der Waals surface area contributed by atoms with E-state index in [2.05, 4.69) is 23.5 Å². The molecule has 102 valence electrons. The van der Waals surface area contributed by atoms with Crippen molar-refractivity contribution in [1.29, 1.82) is 0 Å². The fourth-order valence-corrected chi connectivity index (χ4v) is 2.51. The summed E-state index contributed by atoms with van der Waals surface area (Å²) in [4.78, 5) is 0. The molecular weight excluding hydrogens is 224 g/mol. The van der Waals surface area contributed by atoms with Gasteiger partial charge in [0.2, 0.25) is 0 Å². The number of nitrogens with two attached hydrogens (primary N) is 1. The normalized spacial score (nSPS) is 17.1. The Balaban J connectivity index is 1.85. The molecule has 0 spiro atoms. The summed E-state index contributed by atoms with van der Waals surface area (Å²) in [5.74, 6) is 1.02. The third-order valence-corrected chi connectivity index (χ3v) is 3.76. The number of aromatic nitrogens is 2. The highest BCUT2D eigenvalue weighted by atomic mass is 15.3. The van der Waals surface area contributed by atoms with Gasteiger partial charge in [-0.3, -0.25) is 4.68 Å². The van der Waals surface area contributed by atoms with Crippen molar-refractivity contribution in [3.8, 4) is 0 Å². The quantitative estimate of drug-likeness (QED) is 0.691. The van der Waals surface area contributed by atoms with Crippen molar-refractivity contribution in [3.63, 3.8) is 0 Å². The van der Waals surface area contributed by atoms with Gasteiger partial charge in [-0.05, 0) is 31.7 Å². The predicted molar refractivity (Wildman–Crippen MR) is 74.3 cm³/mol. The van der Waals surface area contributed by atoms with Crippen molar-refractivity contribution in [2.75, 3.05) is 13.1 Å². The standard InChI is InChI=1S/C14H26N4/c1-3-13-12(10-18(2)17-13)14(9-15)16-8-4-5-11-6-7-11/h10-11,14,16H,3-9,15H2,1-2H3. The van der Waals surface area contributed by atoms with Gasteiger partial charge in [-0.25, -0.2) is 0 Å². The Morgan fingerprint density at radius 3 is 2.94 bits per heavy atom. The molecule has 0 amide bonds. The lowest BCUT2D eigenvalue weighted by molar-refractivity contribution is 0.509. The molecular formula is C14H26N4. The molecule has 1 unspecified atom stereocenters. The lowest BCUT2D eigenvalue weighted by Crippen LogP contribution is -2.29. The maximum atomic E-state index is 5.89. The van der Waals surface area contributed by atoms with Crippen molar-refractivity contribution in [2.45, 2.75) is 45.1 Å². The second-order valence-corrected chi connectivity index (χ2v) is 5.39. The van der Waals surface area contributed by atoms with Crippen LogP contribution in [0.3, 0.4) is 0 Å². The molecule has 1 atom stereocenters. The van der Waals surface area contributed by atoms with Crippen molar-refractivity contribution in [2.24, 2.45) is 18.7 Å². The highest BCUT2D eigenvalue weighted by Gasteiger charge is 2.20. The van der Waals surface area contributed by atoms with Crippen LogP contribution < -0.4 is 11.1 Å². The molecule has 0 aliphatic heterocycles. The second-order valence-electron chi connectivity index (χ2n) is 5.39. The van der Waals surface area contributed by atoms with Crippen LogP contribution in [0.25, 0.3) is 0 Å². The minimum absolute atomic E-state index is 0.257. The fraction of sp³-hybridized carbons (Fsp3) is 0.786. The summed E-state index contributed by atoms with van der Waals surface area (Å²) in [6, 6.07) is 0.257. The lowest BCUT2D eigenvalue weighted by atomic mass is 10.1.